The Bertz CT molecular complexity index is 814. The third-order valence-corrected chi connectivity index (χ3v) is 3.38. The molecule has 0 saturated heterocycles. The van der Waals surface area contributed by atoms with Crippen LogP contribution >= 0.6 is 0 Å². The number of carbonyl (C=O) groups excluding carboxylic acids is 1. The van der Waals surface area contributed by atoms with E-state index in [2.05, 4.69) is 10.3 Å². The number of aliphatic hydroxyl groups excluding tert-OH is 1. The minimum Gasteiger partial charge on any atom is -0.441 e. The number of oxazole rings is 1. The van der Waals surface area contributed by atoms with Crippen LogP contribution in [0.4, 0.5) is 16.2 Å². The van der Waals surface area contributed by atoms with Gasteiger partial charge in [0.25, 0.3) is 0 Å². The second-order valence-corrected chi connectivity index (χ2v) is 5.06. The summed E-state index contributed by atoms with van der Waals surface area (Å²) in [6.45, 7) is 1.86. The molecule has 1 aromatic heterocycles. The monoisotopic (exact) mass is 311 g/mol. The number of hydrogen-bond donors (Lipinski definition) is 2. The van der Waals surface area contributed by atoms with Crippen LogP contribution in [-0.4, -0.2) is 29.3 Å². The Morgan fingerprint density at radius 1 is 1.26 bits per heavy atom. The Hall–Kier alpha value is -2.86. The third kappa shape index (κ3) is 3.32. The number of nitrogens with one attached hydrogen (secondary N) is 1. The molecule has 0 bridgehead atoms. The normalized spacial score (nSPS) is 10.7. The highest BCUT2D eigenvalue weighted by Gasteiger charge is 2.15. The van der Waals surface area contributed by atoms with E-state index in [1.807, 2.05) is 30.3 Å². The molecule has 2 N–H and O–H groups in total. The molecular weight excluding hydrogens is 294 g/mol. The summed E-state index contributed by atoms with van der Waals surface area (Å²) in [7, 11) is 0. The van der Waals surface area contributed by atoms with Gasteiger partial charge in [0.05, 0.1) is 13.2 Å². The molecule has 0 aliphatic carbocycles. The maximum Gasteiger partial charge on any atom is 0.326 e. The summed E-state index contributed by atoms with van der Waals surface area (Å²) < 4.78 is 5.42. The lowest BCUT2D eigenvalue weighted by molar-refractivity contribution is 0.252. The molecule has 0 radical (unpaired) electrons. The molecule has 2 amide bonds. The van der Waals surface area contributed by atoms with Crippen molar-refractivity contribution in [1.82, 2.24) is 4.98 Å². The number of nitrogens with zero attached hydrogens (tertiary/aromatic N) is 2. The van der Waals surface area contributed by atoms with Crippen LogP contribution in [0.15, 0.2) is 52.9 Å². The number of benzene rings is 2. The summed E-state index contributed by atoms with van der Waals surface area (Å²) >= 11 is 0. The average Bonchev–Trinajstić information content (AvgIpc) is 2.92. The van der Waals surface area contributed by atoms with E-state index in [0.29, 0.717) is 22.7 Å². The zero-order chi connectivity index (χ0) is 16.2. The van der Waals surface area contributed by atoms with Gasteiger partial charge in [-0.25, -0.2) is 9.78 Å². The molecule has 1 heterocycles. The average molecular weight is 311 g/mol. The Labute approximate surface area is 133 Å². The van der Waals surface area contributed by atoms with E-state index in [1.165, 1.54) is 4.90 Å². The molecule has 118 valence electrons. The van der Waals surface area contributed by atoms with Gasteiger partial charge >= 0.3 is 6.03 Å². The molecule has 6 heteroatoms. The molecule has 3 rings (SSSR count). The molecule has 0 aliphatic rings. The van der Waals surface area contributed by atoms with Crippen molar-refractivity contribution in [3.05, 3.63) is 54.4 Å². The van der Waals surface area contributed by atoms with Crippen LogP contribution in [0.25, 0.3) is 11.1 Å². The van der Waals surface area contributed by atoms with E-state index in [-0.39, 0.29) is 19.2 Å². The summed E-state index contributed by atoms with van der Waals surface area (Å²) in [5.41, 5.74) is 2.71. The fourth-order valence-corrected chi connectivity index (χ4v) is 2.37. The van der Waals surface area contributed by atoms with Gasteiger partial charge < -0.3 is 14.8 Å². The number of amides is 2. The number of hydrogen-bond acceptors (Lipinski definition) is 4. The Kier molecular flexibility index (Phi) is 4.25. The van der Waals surface area contributed by atoms with Crippen molar-refractivity contribution in [3.63, 3.8) is 0 Å². The number of aryl methyl sites for hydroxylation is 1. The van der Waals surface area contributed by atoms with E-state index in [4.69, 9.17) is 4.42 Å². The zero-order valence-electron chi connectivity index (χ0n) is 12.7. The van der Waals surface area contributed by atoms with Gasteiger partial charge in [0.15, 0.2) is 11.5 Å². The number of para-hydroxylation sites is 1. The van der Waals surface area contributed by atoms with Crippen molar-refractivity contribution in [2.45, 2.75) is 6.92 Å². The van der Waals surface area contributed by atoms with Crippen molar-refractivity contribution in [1.29, 1.82) is 0 Å². The highest BCUT2D eigenvalue weighted by Crippen LogP contribution is 2.21. The van der Waals surface area contributed by atoms with Crippen LogP contribution in [-0.2, 0) is 0 Å². The van der Waals surface area contributed by atoms with E-state index in [9.17, 15) is 9.90 Å². The van der Waals surface area contributed by atoms with Crippen molar-refractivity contribution < 1.29 is 14.3 Å². The molecule has 0 fully saturated rings. The first kappa shape index (κ1) is 15.1. The van der Waals surface area contributed by atoms with Crippen LogP contribution in [0.5, 0.6) is 0 Å². The Morgan fingerprint density at radius 2 is 2.04 bits per heavy atom. The van der Waals surface area contributed by atoms with Gasteiger partial charge in [-0.05, 0) is 30.3 Å². The summed E-state index contributed by atoms with van der Waals surface area (Å²) in [4.78, 5) is 18.2. The van der Waals surface area contributed by atoms with Crippen LogP contribution in [0.3, 0.4) is 0 Å². The van der Waals surface area contributed by atoms with Crippen molar-refractivity contribution in [2.24, 2.45) is 0 Å². The van der Waals surface area contributed by atoms with Crippen LogP contribution in [0, 0.1) is 6.92 Å². The summed E-state index contributed by atoms with van der Waals surface area (Å²) in [5, 5.41) is 12.0. The molecular formula is C17H17N3O3. The minimum atomic E-state index is -0.315. The van der Waals surface area contributed by atoms with Crippen LogP contribution < -0.4 is 10.2 Å². The lowest BCUT2D eigenvalue weighted by atomic mass is 10.2. The van der Waals surface area contributed by atoms with Crippen LogP contribution in [0.1, 0.15) is 5.89 Å². The summed E-state index contributed by atoms with van der Waals surface area (Å²) in [6.07, 6.45) is 0. The maximum absolute atomic E-state index is 12.5. The molecule has 0 unspecified atom stereocenters. The van der Waals surface area contributed by atoms with Gasteiger partial charge in [0.1, 0.15) is 5.52 Å². The predicted molar refractivity (Wildman–Crippen MR) is 88.6 cm³/mol. The minimum absolute atomic E-state index is 0.121. The van der Waals surface area contributed by atoms with Gasteiger partial charge in [0.2, 0.25) is 0 Å². The first-order valence-electron chi connectivity index (χ1n) is 7.29. The van der Waals surface area contributed by atoms with Crippen LogP contribution in [0.2, 0.25) is 0 Å². The van der Waals surface area contributed by atoms with E-state index in [1.54, 1.807) is 25.1 Å². The molecule has 0 spiro atoms. The van der Waals surface area contributed by atoms with Gasteiger partial charge in [0, 0.05) is 18.3 Å². The number of rotatable bonds is 4. The number of carbonyl (C=O) groups is 1. The van der Waals surface area contributed by atoms with E-state index >= 15 is 0 Å². The van der Waals surface area contributed by atoms with Crippen molar-refractivity contribution >= 4 is 28.5 Å². The SMILES string of the molecule is Cc1nc2cc(NC(=O)N(CCO)c3ccccc3)ccc2o1. The number of urea groups is 1. The molecule has 0 aliphatic heterocycles. The summed E-state index contributed by atoms with van der Waals surface area (Å²) in [5.74, 6) is 0.578. The smallest absolute Gasteiger partial charge is 0.326 e. The summed E-state index contributed by atoms with van der Waals surface area (Å²) in [6, 6.07) is 14.2. The van der Waals surface area contributed by atoms with Crippen molar-refractivity contribution in [3.8, 4) is 0 Å². The molecule has 23 heavy (non-hydrogen) atoms. The molecule has 2 aromatic carbocycles. The standard InChI is InChI=1S/C17H17N3O3/c1-12-18-15-11-13(7-8-16(15)23-12)19-17(22)20(9-10-21)14-5-3-2-4-6-14/h2-8,11,21H,9-10H2,1H3,(H,19,22). The lowest BCUT2D eigenvalue weighted by Gasteiger charge is -2.22. The number of anilines is 2. The number of aromatic nitrogens is 1. The van der Waals surface area contributed by atoms with E-state index < -0.39 is 0 Å². The number of fused-ring (bicyclic) bond motifs is 1. The molecule has 0 saturated carbocycles. The maximum atomic E-state index is 12.5. The molecule has 0 atom stereocenters. The quantitative estimate of drug-likeness (QED) is 0.775. The van der Waals surface area contributed by atoms with Crippen molar-refractivity contribution in [2.75, 3.05) is 23.4 Å². The van der Waals surface area contributed by atoms with Gasteiger partial charge in [-0.1, -0.05) is 18.2 Å². The second kappa shape index (κ2) is 6.50. The molecule has 3 aromatic rings. The second-order valence-electron chi connectivity index (χ2n) is 5.06. The lowest BCUT2D eigenvalue weighted by Crippen LogP contribution is -2.37. The zero-order valence-corrected chi connectivity index (χ0v) is 12.7. The highest BCUT2D eigenvalue weighted by atomic mass is 16.3. The first-order chi connectivity index (χ1) is 11.2. The Balaban J connectivity index is 1.82. The van der Waals surface area contributed by atoms with Gasteiger partial charge in [-0.15, -0.1) is 0 Å². The van der Waals surface area contributed by atoms with E-state index in [0.717, 1.165) is 5.69 Å². The number of aliphatic hydroxyl groups is 1. The van der Waals surface area contributed by atoms with Gasteiger partial charge in [-0.3, -0.25) is 4.90 Å². The topological polar surface area (TPSA) is 78.6 Å². The largest absolute Gasteiger partial charge is 0.441 e. The third-order valence-electron chi connectivity index (χ3n) is 3.38. The highest BCUT2D eigenvalue weighted by molar-refractivity contribution is 6.02. The fraction of sp³-hybridized carbons (Fsp3) is 0.176. The fourth-order valence-electron chi connectivity index (χ4n) is 2.37. The Morgan fingerprint density at radius 3 is 2.78 bits per heavy atom. The molecule has 6 nitrogen and oxygen atoms in total. The van der Waals surface area contributed by atoms with Gasteiger partial charge in [-0.2, -0.15) is 0 Å². The predicted octanol–water partition coefficient (Wildman–Crippen LogP) is 3.17. The first-order valence-corrected chi connectivity index (χ1v) is 7.29.